The smallest absolute Gasteiger partial charge is 0.0638 e. The zero-order valence-electron chi connectivity index (χ0n) is 10.1. The maximum absolute atomic E-state index is 9.29. The van der Waals surface area contributed by atoms with Gasteiger partial charge in [0.05, 0.1) is 12.7 Å². The topological polar surface area (TPSA) is 44.7 Å². The zero-order chi connectivity index (χ0) is 11.3. The van der Waals surface area contributed by atoms with Gasteiger partial charge in [0.15, 0.2) is 0 Å². The SMILES string of the molecule is CNC1CCOCC1CN(C)CC(C)O. The van der Waals surface area contributed by atoms with Crippen molar-refractivity contribution in [2.24, 2.45) is 5.92 Å². The summed E-state index contributed by atoms with van der Waals surface area (Å²) in [6, 6.07) is 0.551. The summed E-state index contributed by atoms with van der Waals surface area (Å²) in [7, 11) is 4.06. The van der Waals surface area contributed by atoms with Crippen molar-refractivity contribution in [3.8, 4) is 0 Å². The van der Waals surface area contributed by atoms with Crippen molar-refractivity contribution >= 4 is 0 Å². The summed E-state index contributed by atoms with van der Waals surface area (Å²) in [5.74, 6) is 0.535. The average Bonchev–Trinajstić information content (AvgIpc) is 2.17. The molecule has 4 heteroatoms. The number of nitrogens with one attached hydrogen (secondary N) is 1. The lowest BCUT2D eigenvalue weighted by molar-refractivity contribution is 0.0167. The van der Waals surface area contributed by atoms with Gasteiger partial charge in [-0.25, -0.2) is 0 Å². The van der Waals surface area contributed by atoms with E-state index in [2.05, 4.69) is 10.2 Å². The lowest BCUT2D eigenvalue weighted by Crippen LogP contribution is -2.46. The van der Waals surface area contributed by atoms with Crippen molar-refractivity contribution in [1.82, 2.24) is 10.2 Å². The van der Waals surface area contributed by atoms with Crippen LogP contribution in [0.5, 0.6) is 0 Å². The standard InChI is InChI=1S/C11H24N2O2/c1-9(14)6-13(3)7-10-8-15-5-4-11(10)12-2/h9-12,14H,4-8H2,1-3H3. The predicted octanol–water partition coefficient (Wildman–Crippen LogP) is -0.0765. The Morgan fingerprint density at radius 3 is 2.93 bits per heavy atom. The number of likely N-dealkylation sites (N-methyl/N-ethyl adjacent to an activating group) is 1. The molecule has 0 radical (unpaired) electrons. The number of hydrogen-bond donors (Lipinski definition) is 2. The molecule has 0 saturated carbocycles. The fourth-order valence-corrected chi connectivity index (χ4v) is 2.28. The first kappa shape index (κ1) is 12.9. The van der Waals surface area contributed by atoms with Crippen LogP contribution in [-0.2, 0) is 4.74 Å². The molecule has 0 aromatic rings. The average molecular weight is 216 g/mol. The molecule has 0 aromatic carbocycles. The molecule has 1 heterocycles. The molecular weight excluding hydrogens is 192 g/mol. The third-order valence-electron chi connectivity index (χ3n) is 2.97. The number of aliphatic hydroxyl groups excluding tert-OH is 1. The molecule has 3 atom stereocenters. The molecule has 3 unspecified atom stereocenters. The monoisotopic (exact) mass is 216 g/mol. The zero-order valence-corrected chi connectivity index (χ0v) is 10.1. The van der Waals surface area contributed by atoms with Gasteiger partial charge in [-0.3, -0.25) is 0 Å². The van der Waals surface area contributed by atoms with Gasteiger partial charge in [0.25, 0.3) is 0 Å². The van der Waals surface area contributed by atoms with E-state index in [0.717, 1.165) is 32.7 Å². The molecule has 90 valence electrons. The van der Waals surface area contributed by atoms with Gasteiger partial charge in [0.2, 0.25) is 0 Å². The normalized spacial score (nSPS) is 29.4. The molecular formula is C11H24N2O2. The van der Waals surface area contributed by atoms with E-state index in [-0.39, 0.29) is 6.10 Å². The highest BCUT2D eigenvalue weighted by Gasteiger charge is 2.25. The quantitative estimate of drug-likeness (QED) is 0.675. The minimum absolute atomic E-state index is 0.257. The Balaban J connectivity index is 2.33. The number of nitrogens with zero attached hydrogens (tertiary/aromatic N) is 1. The molecule has 0 bridgehead atoms. The molecule has 1 saturated heterocycles. The summed E-state index contributed by atoms with van der Waals surface area (Å²) in [4.78, 5) is 2.17. The van der Waals surface area contributed by atoms with Crippen LogP contribution in [0.15, 0.2) is 0 Å². The largest absolute Gasteiger partial charge is 0.392 e. The first-order valence-electron chi connectivity index (χ1n) is 5.75. The molecule has 0 amide bonds. The van der Waals surface area contributed by atoms with Crippen LogP contribution in [0.3, 0.4) is 0 Å². The molecule has 4 nitrogen and oxygen atoms in total. The summed E-state index contributed by atoms with van der Waals surface area (Å²) in [5, 5.41) is 12.6. The van der Waals surface area contributed by atoms with E-state index in [1.165, 1.54) is 0 Å². The van der Waals surface area contributed by atoms with Gasteiger partial charge in [0.1, 0.15) is 0 Å². The molecule has 2 N–H and O–H groups in total. The summed E-state index contributed by atoms with van der Waals surface area (Å²) >= 11 is 0. The summed E-state index contributed by atoms with van der Waals surface area (Å²) in [6.45, 7) is 5.23. The van der Waals surface area contributed by atoms with Crippen molar-refractivity contribution < 1.29 is 9.84 Å². The van der Waals surface area contributed by atoms with Crippen molar-refractivity contribution in [2.75, 3.05) is 40.4 Å². The Morgan fingerprint density at radius 1 is 1.60 bits per heavy atom. The van der Waals surface area contributed by atoms with Gasteiger partial charge in [-0.05, 0) is 27.4 Å². The van der Waals surface area contributed by atoms with Gasteiger partial charge in [-0.1, -0.05) is 0 Å². The Labute approximate surface area is 92.6 Å². The first-order valence-corrected chi connectivity index (χ1v) is 5.75. The first-order chi connectivity index (χ1) is 7.13. The molecule has 1 rings (SSSR count). The van der Waals surface area contributed by atoms with Gasteiger partial charge in [-0.2, -0.15) is 0 Å². The number of hydrogen-bond acceptors (Lipinski definition) is 4. The highest BCUT2D eigenvalue weighted by Crippen LogP contribution is 2.15. The highest BCUT2D eigenvalue weighted by atomic mass is 16.5. The van der Waals surface area contributed by atoms with Crippen molar-refractivity contribution in [3.63, 3.8) is 0 Å². The Bertz CT molecular complexity index is 176. The van der Waals surface area contributed by atoms with Crippen LogP contribution in [0.1, 0.15) is 13.3 Å². The molecule has 0 spiro atoms. The maximum Gasteiger partial charge on any atom is 0.0638 e. The van der Waals surface area contributed by atoms with Crippen LogP contribution in [0.25, 0.3) is 0 Å². The number of ether oxygens (including phenoxy) is 1. The second kappa shape index (κ2) is 6.43. The van der Waals surface area contributed by atoms with Crippen molar-refractivity contribution in [2.45, 2.75) is 25.5 Å². The predicted molar refractivity (Wildman–Crippen MR) is 61.0 cm³/mol. The van der Waals surface area contributed by atoms with Crippen LogP contribution >= 0.6 is 0 Å². The van der Waals surface area contributed by atoms with Crippen LogP contribution in [0, 0.1) is 5.92 Å². The van der Waals surface area contributed by atoms with Crippen molar-refractivity contribution in [1.29, 1.82) is 0 Å². The van der Waals surface area contributed by atoms with Crippen LogP contribution < -0.4 is 5.32 Å². The Hall–Kier alpha value is -0.160. The minimum Gasteiger partial charge on any atom is -0.392 e. The Morgan fingerprint density at radius 2 is 2.33 bits per heavy atom. The molecule has 1 aliphatic heterocycles. The van der Waals surface area contributed by atoms with Crippen LogP contribution in [0.2, 0.25) is 0 Å². The number of rotatable bonds is 5. The van der Waals surface area contributed by atoms with E-state index in [1.807, 2.05) is 21.0 Å². The fourth-order valence-electron chi connectivity index (χ4n) is 2.28. The van der Waals surface area contributed by atoms with Gasteiger partial charge in [-0.15, -0.1) is 0 Å². The van der Waals surface area contributed by atoms with E-state index in [0.29, 0.717) is 12.0 Å². The van der Waals surface area contributed by atoms with E-state index in [1.54, 1.807) is 0 Å². The van der Waals surface area contributed by atoms with Crippen LogP contribution in [0.4, 0.5) is 0 Å². The van der Waals surface area contributed by atoms with E-state index < -0.39 is 0 Å². The third-order valence-corrected chi connectivity index (χ3v) is 2.97. The highest BCUT2D eigenvalue weighted by molar-refractivity contribution is 4.80. The Kier molecular flexibility index (Phi) is 5.53. The van der Waals surface area contributed by atoms with Gasteiger partial charge < -0.3 is 20.1 Å². The van der Waals surface area contributed by atoms with E-state index >= 15 is 0 Å². The molecule has 0 aromatic heterocycles. The minimum atomic E-state index is -0.257. The van der Waals surface area contributed by atoms with Gasteiger partial charge in [0, 0.05) is 31.7 Å². The second-order valence-electron chi connectivity index (χ2n) is 4.59. The van der Waals surface area contributed by atoms with E-state index in [9.17, 15) is 5.11 Å². The van der Waals surface area contributed by atoms with Crippen molar-refractivity contribution in [3.05, 3.63) is 0 Å². The molecule has 15 heavy (non-hydrogen) atoms. The summed E-state index contributed by atoms with van der Waals surface area (Å²) in [6.07, 6.45) is 0.830. The van der Waals surface area contributed by atoms with E-state index in [4.69, 9.17) is 4.74 Å². The van der Waals surface area contributed by atoms with Crippen LogP contribution in [-0.4, -0.2) is 62.6 Å². The third kappa shape index (κ3) is 4.47. The molecule has 0 aliphatic carbocycles. The summed E-state index contributed by atoms with van der Waals surface area (Å²) in [5.41, 5.74) is 0. The molecule has 1 fully saturated rings. The maximum atomic E-state index is 9.29. The lowest BCUT2D eigenvalue weighted by atomic mass is 9.95. The van der Waals surface area contributed by atoms with Gasteiger partial charge >= 0.3 is 0 Å². The molecule has 1 aliphatic rings. The summed E-state index contributed by atoms with van der Waals surface area (Å²) < 4.78 is 5.49. The fraction of sp³-hybridized carbons (Fsp3) is 1.00. The lowest BCUT2D eigenvalue weighted by Gasteiger charge is -2.34. The number of aliphatic hydroxyl groups is 1. The second-order valence-corrected chi connectivity index (χ2v) is 4.59.